The minimum atomic E-state index is -0.119. The van der Waals surface area contributed by atoms with Crippen LogP contribution in [0.2, 0.25) is 0 Å². The fourth-order valence-electron chi connectivity index (χ4n) is 3.47. The van der Waals surface area contributed by atoms with Crippen LogP contribution in [0.25, 0.3) is 0 Å². The monoisotopic (exact) mass is 374 g/mol. The largest absolute Gasteiger partial charge is 0.496 e. The van der Waals surface area contributed by atoms with Gasteiger partial charge in [0.15, 0.2) is 0 Å². The van der Waals surface area contributed by atoms with E-state index in [2.05, 4.69) is 56.6 Å². The third kappa shape index (κ3) is 2.97. The molecule has 0 aromatic heterocycles. The summed E-state index contributed by atoms with van der Waals surface area (Å²) in [5.41, 5.74) is 3.34. The highest BCUT2D eigenvalue weighted by Crippen LogP contribution is 2.49. The molecule has 0 bridgehead atoms. The van der Waals surface area contributed by atoms with Gasteiger partial charge in [0.05, 0.1) is 24.7 Å². The minimum absolute atomic E-state index is 0.119. The van der Waals surface area contributed by atoms with Gasteiger partial charge in [-0.1, -0.05) is 22.9 Å². The van der Waals surface area contributed by atoms with Gasteiger partial charge < -0.3 is 9.47 Å². The maximum atomic E-state index is 6.92. The maximum absolute atomic E-state index is 6.92. The van der Waals surface area contributed by atoms with Gasteiger partial charge in [0.1, 0.15) is 5.75 Å². The molecule has 5 unspecified atom stereocenters. The molecule has 4 heteroatoms. The highest BCUT2D eigenvalue weighted by atomic mass is 79.9. The van der Waals surface area contributed by atoms with E-state index in [1.165, 1.54) is 0 Å². The molecule has 1 aromatic carbocycles. The Hall–Kier alpha value is -0.250. The Morgan fingerprint density at radius 2 is 1.86 bits per heavy atom. The quantitative estimate of drug-likeness (QED) is 0.657. The summed E-state index contributed by atoms with van der Waals surface area (Å²) in [4.78, 5) is 0. The number of rotatable bonds is 3. The number of methoxy groups -OCH3 is 1. The number of hydrogen-bond donors (Lipinski definition) is 0. The molecule has 0 spiro atoms. The van der Waals surface area contributed by atoms with E-state index in [4.69, 9.17) is 21.1 Å². The minimum Gasteiger partial charge on any atom is -0.496 e. The molecule has 2 nitrogen and oxygen atoms in total. The molecule has 1 aliphatic rings. The van der Waals surface area contributed by atoms with Gasteiger partial charge in [0, 0.05) is 16.0 Å². The van der Waals surface area contributed by atoms with Crippen LogP contribution in [0, 0.1) is 25.7 Å². The molecule has 1 saturated heterocycles. The van der Waals surface area contributed by atoms with Crippen LogP contribution in [0.15, 0.2) is 10.5 Å². The van der Waals surface area contributed by atoms with E-state index in [-0.39, 0.29) is 23.5 Å². The van der Waals surface area contributed by atoms with Crippen molar-refractivity contribution in [2.75, 3.05) is 7.11 Å². The van der Waals surface area contributed by atoms with Gasteiger partial charge in [-0.05, 0) is 50.8 Å². The molecular formula is C17H24BrClO2. The van der Waals surface area contributed by atoms with Crippen LogP contribution in [0.5, 0.6) is 5.75 Å². The average molecular weight is 376 g/mol. The number of benzene rings is 1. The molecule has 0 radical (unpaired) electrons. The number of ether oxygens (including phenoxy) is 2. The SMILES string of the molecule is COc1c(C)cc(Br)c(C)c1C(Cl)C1C(C)OC(C)C1C. The van der Waals surface area contributed by atoms with Gasteiger partial charge in [0.25, 0.3) is 0 Å². The first-order chi connectivity index (χ1) is 9.79. The van der Waals surface area contributed by atoms with Crippen LogP contribution in [-0.4, -0.2) is 19.3 Å². The summed E-state index contributed by atoms with van der Waals surface area (Å²) >= 11 is 10.6. The third-order valence-corrected chi connectivity index (χ3v) is 6.18. The Balaban J connectivity index is 2.50. The second kappa shape index (κ2) is 6.47. The van der Waals surface area contributed by atoms with Crippen molar-refractivity contribution < 1.29 is 9.47 Å². The topological polar surface area (TPSA) is 18.5 Å². The van der Waals surface area contributed by atoms with Crippen molar-refractivity contribution in [3.8, 4) is 5.75 Å². The van der Waals surface area contributed by atoms with E-state index in [9.17, 15) is 0 Å². The van der Waals surface area contributed by atoms with Crippen LogP contribution >= 0.6 is 27.5 Å². The smallest absolute Gasteiger partial charge is 0.126 e. The van der Waals surface area contributed by atoms with Gasteiger partial charge in [-0.2, -0.15) is 0 Å². The van der Waals surface area contributed by atoms with E-state index in [0.29, 0.717) is 5.92 Å². The molecule has 0 amide bonds. The molecular weight excluding hydrogens is 352 g/mol. The Kier molecular flexibility index (Phi) is 5.27. The predicted molar refractivity (Wildman–Crippen MR) is 91.4 cm³/mol. The third-order valence-electron chi connectivity index (χ3n) is 4.84. The maximum Gasteiger partial charge on any atom is 0.126 e. The first-order valence-corrected chi connectivity index (χ1v) is 8.65. The van der Waals surface area contributed by atoms with Crippen molar-refractivity contribution in [1.29, 1.82) is 0 Å². The summed E-state index contributed by atoms with van der Waals surface area (Å²) in [7, 11) is 1.71. The lowest BCUT2D eigenvalue weighted by atomic mass is 9.82. The lowest BCUT2D eigenvalue weighted by Gasteiger charge is -2.28. The van der Waals surface area contributed by atoms with Gasteiger partial charge in [-0.15, -0.1) is 11.6 Å². The molecule has 5 atom stereocenters. The molecule has 0 N–H and O–H groups in total. The lowest BCUT2D eigenvalue weighted by molar-refractivity contribution is 0.0507. The highest BCUT2D eigenvalue weighted by molar-refractivity contribution is 9.10. The standard InChI is InChI=1S/C17H24BrClO2/c1-8-7-13(18)10(3)15(17(8)20-6)16(19)14-9(2)11(4)21-12(14)5/h7,9,11-12,14,16H,1-6H3. The zero-order chi connectivity index (χ0) is 15.9. The van der Waals surface area contributed by atoms with Crippen molar-refractivity contribution >= 4 is 27.5 Å². The van der Waals surface area contributed by atoms with Crippen molar-refractivity contribution in [2.24, 2.45) is 11.8 Å². The predicted octanol–water partition coefficient (Wildman–Crippen LogP) is 5.41. The molecule has 0 aliphatic carbocycles. The van der Waals surface area contributed by atoms with E-state index in [1.807, 2.05) is 0 Å². The van der Waals surface area contributed by atoms with E-state index < -0.39 is 0 Å². The Labute approximate surface area is 141 Å². The summed E-state index contributed by atoms with van der Waals surface area (Å²) in [6.07, 6.45) is 0.395. The summed E-state index contributed by atoms with van der Waals surface area (Å²) in [6, 6.07) is 2.09. The van der Waals surface area contributed by atoms with Gasteiger partial charge >= 0.3 is 0 Å². The second-order valence-electron chi connectivity index (χ2n) is 6.13. The molecule has 0 saturated carbocycles. The summed E-state index contributed by atoms with van der Waals surface area (Å²) < 4.78 is 12.7. The first-order valence-electron chi connectivity index (χ1n) is 7.42. The summed E-state index contributed by atoms with van der Waals surface area (Å²) in [5, 5.41) is -0.119. The normalized spacial score (nSPS) is 30.5. The van der Waals surface area contributed by atoms with Crippen molar-refractivity contribution in [2.45, 2.75) is 52.2 Å². The Morgan fingerprint density at radius 3 is 2.33 bits per heavy atom. The van der Waals surface area contributed by atoms with Crippen LogP contribution in [0.3, 0.4) is 0 Å². The summed E-state index contributed by atoms with van der Waals surface area (Å²) in [6.45, 7) is 10.6. The zero-order valence-electron chi connectivity index (χ0n) is 13.5. The molecule has 118 valence electrons. The fraction of sp³-hybridized carbons (Fsp3) is 0.647. The van der Waals surface area contributed by atoms with Crippen LogP contribution < -0.4 is 4.74 Å². The van der Waals surface area contributed by atoms with Gasteiger partial charge in [0.2, 0.25) is 0 Å². The molecule has 2 rings (SSSR count). The van der Waals surface area contributed by atoms with Crippen molar-refractivity contribution in [3.05, 3.63) is 27.2 Å². The zero-order valence-corrected chi connectivity index (χ0v) is 15.9. The fourth-order valence-corrected chi connectivity index (χ4v) is 4.72. The molecule has 1 aliphatic heterocycles. The highest BCUT2D eigenvalue weighted by Gasteiger charge is 2.43. The van der Waals surface area contributed by atoms with E-state index >= 15 is 0 Å². The van der Waals surface area contributed by atoms with Crippen LogP contribution in [-0.2, 0) is 4.74 Å². The van der Waals surface area contributed by atoms with Crippen molar-refractivity contribution in [3.63, 3.8) is 0 Å². The lowest BCUT2D eigenvalue weighted by Crippen LogP contribution is -2.23. The molecule has 21 heavy (non-hydrogen) atoms. The van der Waals surface area contributed by atoms with E-state index in [0.717, 1.165) is 26.9 Å². The van der Waals surface area contributed by atoms with Crippen LogP contribution in [0.4, 0.5) is 0 Å². The van der Waals surface area contributed by atoms with Crippen molar-refractivity contribution in [1.82, 2.24) is 0 Å². The number of hydrogen-bond acceptors (Lipinski definition) is 2. The molecule has 1 aromatic rings. The molecule has 1 fully saturated rings. The second-order valence-corrected chi connectivity index (χ2v) is 7.46. The number of aryl methyl sites for hydroxylation is 1. The number of alkyl halides is 1. The van der Waals surface area contributed by atoms with E-state index in [1.54, 1.807) is 7.11 Å². The van der Waals surface area contributed by atoms with Gasteiger partial charge in [-0.3, -0.25) is 0 Å². The average Bonchev–Trinajstić information content (AvgIpc) is 2.66. The van der Waals surface area contributed by atoms with Gasteiger partial charge in [-0.25, -0.2) is 0 Å². The molecule has 1 heterocycles. The number of halogens is 2. The first kappa shape index (κ1) is 17.1. The Bertz CT molecular complexity index is 532. The Morgan fingerprint density at radius 1 is 1.24 bits per heavy atom. The summed E-state index contributed by atoms with van der Waals surface area (Å²) in [5.74, 6) is 1.60. The van der Waals surface area contributed by atoms with Crippen LogP contribution in [0.1, 0.15) is 42.8 Å².